The van der Waals surface area contributed by atoms with Gasteiger partial charge in [-0.05, 0) is 98.8 Å². The molecule has 0 saturated carbocycles. The molecule has 0 bridgehead atoms. The van der Waals surface area contributed by atoms with E-state index < -0.39 is 0 Å². The Morgan fingerprint density at radius 3 is 1.14 bits per heavy atom. The summed E-state index contributed by atoms with van der Waals surface area (Å²) >= 11 is 0. The zero-order chi connectivity index (χ0) is 32.6. The van der Waals surface area contributed by atoms with Gasteiger partial charge in [0, 0.05) is 12.1 Å². The second kappa shape index (κ2) is 15.4. The van der Waals surface area contributed by atoms with Crippen LogP contribution < -0.4 is 9.13 Å². The first-order valence-corrected chi connectivity index (χ1v) is 16.1. The molecule has 2 heteroatoms. The van der Waals surface area contributed by atoms with Crippen LogP contribution in [0.15, 0.2) is 97.3 Å². The van der Waals surface area contributed by atoms with E-state index in [2.05, 4.69) is 162 Å². The van der Waals surface area contributed by atoms with Gasteiger partial charge in [-0.1, -0.05) is 87.4 Å². The lowest BCUT2D eigenvalue weighted by molar-refractivity contribution is -0.659. The Bertz CT molecular complexity index is 1740. The summed E-state index contributed by atoms with van der Waals surface area (Å²) in [4.78, 5) is 0. The average molecular weight is 585 g/mol. The molecule has 4 aromatic carbocycles. The van der Waals surface area contributed by atoms with Crippen LogP contribution in [0.25, 0.3) is 44.1 Å². The van der Waals surface area contributed by atoms with Crippen molar-refractivity contribution in [2.45, 2.75) is 69.2 Å². The predicted octanol–water partition coefficient (Wildman–Crippen LogP) is 10.6. The van der Waals surface area contributed by atoms with E-state index in [-0.39, 0.29) is 0 Å². The largest absolute Gasteiger partial charge is 0.220 e. The zero-order valence-corrected chi connectivity index (χ0v) is 29.1. The molecule has 0 spiro atoms. The van der Waals surface area contributed by atoms with E-state index in [9.17, 15) is 0 Å². The van der Waals surface area contributed by atoms with Crippen molar-refractivity contribution in [1.29, 1.82) is 0 Å². The molecular weight excluding hydrogens is 532 g/mol. The van der Waals surface area contributed by atoms with Crippen LogP contribution in [-0.4, -0.2) is 0 Å². The summed E-state index contributed by atoms with van der Waals surface area (Å²) in [5.74, 6) is 0. The highest BCUT2D eigenvalue weighted by Crippen LogP contribution is 2.31. The lowest BCUT2D eigenvalue weighted by Crippen LogP contribution is -2.30. The number of aromatic nitrogens is 2. The third kappa shape index (κ3) is 7.25. The quantitative estimate of drug-likeness (QED) is 0.179. The molecule has 6 rings (SSSR count). The fourth-order valence-electron chi connectivity index (χ4n) is 5.87. The lowest BCUT2D eigenvalue weighted by atomic mass is 9.95. The fraction of sp³-hybridized carbons (Fsp3) is 0.286. The highest BCUT2D eigenvalue weighted by molar-refractivity contribution is 5.94. The van der Waals surface area contributed by atoms with Gasteiger partial charge < -0.3 is 0 Å². The molecule has 44 heavy (non-hydrogen) atoms. The second-order valence-electron chi connectivity index (χ2n) is 11.2. The molecule has 0 radical (unpaired) electrons. The Labute approximate surface area is 266 Å². The molecule has 6 aromatic rings. The molecule has 228 valence electrons. The van der Waals surface area contributed by atoms with Crippen LogP contribution in [0.5, 0.6) is 0 Å². The molecule has 0 atom stereocenters. The number of rotatable bonds is 2. The number of aryl methyl sites for hydroxylation is 6. The van der Waals surface area contributed by atoms with Crippen LogP contribution in [0.4, 0.5) is 0 Å². The molecule has 0 fully saturated rings. The molecule has 0 aliphatic heterocycles. The van der Waals surface area contributed by atoms with Crippen molar-refractivity contribution in [1.82, 2.24) is 0 Å². The van der Waals surface area contributed by atoms with Gasteiger partial charge in [0.25, 0.3) is 0 Å². The van der Waals surface area contributed by atoms with Crippen LogP contribution in [-0.2, 0) is 14.1 Å². The van der Waals surface area contributed by atoms with Crippen molar-refractivity contribution < 1.29 is 9.13 Å². The van der Waals surface area contributed by atoms with Gasteiger partial charge in [-0.3, -0.25) is 0 Å². The van der Waals surface area contributed by atoms with Gasteiger partial charge in [0.15, 0.2) is 12.4 Å². The Morgan fingerprint density at radius 1 is 0.432 bits per heavy atom. The zero-order valence-electron chi connectivity index (χ0n) is 29.1. The maximum absolute atomic E-state index is 2.30. The number of nitrogens with zero attached hydrogens (tertiary/aromatic N) is 2. The Kier molecular flexibility index (Phi) is 12.0. The number of pyridine rings is 2. The smallest absolute Gasteiger partial charge is 0.200 e. The molecular formula is C42H52N2+2. The first-order valence-electron chi connectivity index (χ1n) is 16.1. The summed E-state index contributed by atoms with van der Waals surface area (Å²) in [5.41, 5.74) is 13.3. The van der Waals surface area contributed by atoms with Gasteiger partial charge in [-0.2, -0.15) is 0 Å². The van der Waals surface area contributed by atoms with E-state index in [4.69, 9.17) is 0 Å². The molecule has 0 N–H and O–H groups in total. The van der Waals surface area contributed by atoms with E-state index in [0.29, 0.717) is 0 Å². The third-order valence-corrected chi connectivity index (χ3v) is 8.23. The molecule has 0 amide bonds. The van der Waals surface area contributed by atoms with Crippen molar-refractivity contribution in [2.24, 2.45) is 14.1 Å². The van der Waals surface area contributed by atoms with Crippen molar-refractivity contribution in [3.63, 3.8) is 0 Å². The third-order valence-electron chi connectivity index (χ3n) is 8.23. The van der Waals surface area contributed by atoms with Crippen molar-refractivity contribution in [3.8, 4) is 22.5 Å². The minimum Gasteiger partial charge on any atom is -0.200 e. The first-order chi connectivity index (χ1) is 21.2. The highest BCUT2D eigenvalue weighted by atomic mass is 14.9. The van der Waals surface area contributed by atoms with Crippen LogP contribution in [0.3, 0.4) is 0 Å². The summed E-state index contributed by atoms with van der Waals surface area (Å²) in [6.07, 6.45) is 4.30. The fourth-order valence-corrected chi connectivity index (χ4v) is 5.87. The Hall–Kier alpha value is -4.30. The second-order valence-corrected chi connectivity index (χ2v) is 11.2. The first kappa shape index (κ1) is 34.2. The van der Waals surface area contributed by atoms with Crippen LogP contribution in [0.2, 0.25) is 0 Å². The summed E-state index contributed by atoms with van der Waals surface area (Å²) in [5, 5.41) is 5.20. The number of benzene rings is 4. The van der Waals surface area contributed by atoms with Crippen LogP contribution in [0, 0.1) is 41.5 Å². The number of hydrogen-bond donors (Lipinski definition) is 0. The maximum atomic E-state index is 2.30. The average Bonchev–Trinajstić information content (AvgIpc) is 3.03. The van der Waals surface area contributed by atoms with Crippen LogP contribution in [0.1, 0.15) is 61.1 Å². The normalized spacial score (nSPS) is 10.3. The van der Waals surface area contributed by atoms with Crippen molar-refractivity contribution in [2.75, 3.05) is 0 Å². The van der Waals surface area contributed by atoms with Gasteiger partial charge in [-0.25, -0.2) is 9.13 Å². The SMILES string of the molecule is CC.CC.Cc1cc(C)c(C)c(-c2c3ccccc3cc[n+]2C)c1.Cc1cc(C)c(C)c(-c2c3ccccc3cc[n+]2C)c1. The summed E-state index contributed by atoms with van der Waals surface area (Å²) in [6.45, 7) is 21.1. The van der Waals surface area contributed by atoms with Gasteiger partial charge in [-0.15, -0.1) is 0 Å². The summed E-state index contributed by atoms with van der Waals surface area (Å²) in [7, 11) is 4.25. The molecule has 0 unspecified atom stereocenters. The van der Waals surface area contributed by atoms with E-state index in [0.717, 1.165) is 0 Å². The predicted molar refractivity (Wildman–Crippen MR) is 192 cm³/mol. The number of hydrogen-bond acceptors (Lipinski definition) is 0. The van der Waals surface area contributed by atoms with Gasteiger partial charge in [0.05, 0.1) is 21.9 Å². The minimum absolute atomic E-state index is 1.29. The number of fused-ring (bicyclic) bond motifs is 2. The van der Waals surface area contributed by atoms with Gasteiger partial charge >= 0.3 is 0 Å². The topological polar surface area (TPSA) is 7.76 Å². The molecule has 0 aliphatic rings. The Balaban J connectivity index is 0.000000216. The van der Waals surface area contributed by atoms with Crippen molar-refractivity contribution >= 4 is 21.5 Å². The Morgan fingerprint density at radius 2 is 0.773 bits per heavy atom. The lowest BCUT2D eigenvalue weighted by Gasteiger charge is -2.11. The summed E-state index contributed by atoms with van der Waals surface area (Å²) < 4.78 is 4.45. The van der Waals surface area contributed by atoms with Crippen molar-refractivity contribution in [3.05, 3.63) is 131 Å². The molecule has 2 aromatic heterocycles. The van der Waals surface area contributed by atoms with Crippen LogP contribution >= 0.6 is 0 Å². The molecule has 2 heterocycles. The van der Waals surface area contributed by atoms with Gasteiger partial charge in [0.1, 0.15) is 14.1 Å². The summed E-state index contributed by atoms with van der Waals surface area (Å²) in [6, 6.07) is 30.7. The van der Waals surface area contributed by atoms with E-state index >= 15 is 0 Å². The van der Waals surface area contributed by atoms with Gasteiger partial charge in [0.2, 0.25) is 11.4 Å². The molecule has 0 aliphatic carbocycles. The molecule has 2 nitrogen and oxygen atoms in total. The molecule has 0 saturated heterocycles. The van der Waals surface area contributed by atoms with E-state index in [1.165, 1.54) is 77.4 Å². The minimum atomic E-state index is 1.29. The maximum Gasteiger partial charge on any atom is 0.220 e. The monoisotopic (exact) mass is 584 g/mol. The van der Waals surface area contributed by atoms with E-state index in [1.54, 1.807) is 0 Å². The van der Waals surface area contributed by atoms with E-state index in [1.807, 2.05) is 27.7 Å². The highest BCUT2D eigenvalue weighted by Gasteiger charge is 2.19. The standard InChI is InChI=1S/2C19H20N.2C2H6/c2*1-13-11-14(2)15(3)18(12-13)19-17-8-6-5-7-16(17)9-10-20(19)4;2*1-2/h2*5-12H,1-4H3;2*1-2H3/q2*+1;;.